The van der Waals surface area contributed by atoms with E-state index in [1.165, 1.54) is 23.6 Å². The number of esters is 1. The number of carbonyl (C=O) groups is 3. The van der Waals surface area contributed by atoms with Crippen LogP contribution in [0, 0.1) is 0 Å². The molecule has 4 aliphatic heterocycles. The minimum absolute atomic E-state index is 0.0903. The van der Waals surface area contributed by atoms with Gasteiger partial charge in [0, 0.05) is 50.1 Å². The van der Waals surface area contributed by atoms with Crippen molar-refractivity contribution in [3.8, 4) is 46.0 Å². The maximum absolute atomic E-state index is 13.2. The number of hydrogen-bond donors (Lipinski definition) is 0. The molecule has 4 aromatic carbocycles. The average Bonchev–Trinajstić information content (AvgIpc) is 3.37. The van der Waals surface area contributed by atoms with E-state index in [2.05, 4.69) is 62.6 Å². The van der Waals surface area contributed by atoms with E-state index in [0.29, 0.717) is 53.8 Å². The van der Waals surface area contributed by atoms with Crippen LogP contribution in [0.2, 0.25) is 0 Å². The molecule has 0 fully saturated rings. The second kappa shape index (κ2) is 26.6. The lowest BCUT2D eigenvalue weighted by molar-refractivity contribution is -0.941. The number of hydrogen-bond acceptors (Lipinski definition) is 11. The largest absolute Gasteiger partial charge is 0.550 e. The molecule has 4 aromatic rings. The molecule has 0 radical (unpaired) electrons. The van der Waals surface area contributed by atoms with Crippen LogP contribution in [0.15, 0.2) is 60.7 Å². The first-order chi connectivity index (χ1) is 35.7. The average molecular weight is 1020 g/mol. The van der Waals surface area contributed by atoms with Crippen molar-refractivity contribution in [3.63, 3.8) is 0 Å². The zero-order valence-corrected chi connectivity index (χ0v) is 45.2. The Bertz CT molecular complexity index is 2530. The minimum Gasteiger partial charge on any atom is -0.550 e. The van der Waals surface area contributed by atoms with Crippen molar-refractivity contribution in [3.05, 3.63) is 94.0 Å². The lowest BCUT2D eigenvalue weighted by Crippen LogP contribution is -2.52. The summed E-state index contributed by atoms with van der Waals surface area (Å²) >= 11 is 0. The van der Waals surface area contributed by atoms with E-state index in [4.69, 9.17) is 28.4 Å². The number of nitrogens with zero attached hydrogens (tertiary/aromatic N) is 2. The molecule has 0 aliphatic carbocycles. The summed E-state index contributed by atoms with van der Waals surface area (Å²) < 4.78 is 40.1. The highest BCUT2D eigenvalue weighted by molar-refractivity contribution is 5.74. The number of carboxylic acids is 2. The van der Waals surface area contributed by atoms with Crippen LogP contribution >= 0.6 is 0 Å². The number of carboxylic acid groups (broad SMARTS) is 2. The van der Waals surface area contributed by atoms with Crippen LogP contribution in [0.25, 0.3) is 0 Å². The molecule has 13 nitrogen and oxygen atoms in total. The van der Waals surface area contributed by atoms with Gasteiger partial charge in [0.2, 0.25) is 5.75 Å². The number of ether oxygens (including phenoxy) is 6. The molecule has 4 unspecified atom stereocenters. The Labute approximate surface area is 440 Å². The third kappa shape index (κ3) is 14.5. The number of methoxy groups -OCH3 is 3. The van der Waals surface area contributed by atoms with Gasteiger partial charge in [0.15, 0.2) is 34.5 Å². The Morgan fingerprint density at radius 2 is 1.04 bits per heavy atom. The van der Waals surface area contributed by atoms with Crippen LogP contribution in [0.3, 0.4) is 0 Å². The smallest absolute Gasteiger partial charge is 0.308 e. The summed E-state index contributed by atoms with van der Waals surface area (Å²) in [5.74, 6) is 1.90. The van der Waals surface area contributed by atoms with Gasteiger partial charge in [-0.15, -0.1) is 0 Å². The number of rotatable bonds is 26. The zero-order valence-electron chi connectivity index (χ0n) is 45.2. The van der Waals surface area contributed by atoms with Crippen molar-refractivity contribution in [2.75, 3.05) is 61.6 Å². The predicted molar refractivity (Wildman–Crippen MR) is 282 cm³/mol. The third-order valence-electron chi connectivity index (χ3n) is 16.2. The van der Waals surface area contributed by atoms with Gasteiger partial charge >= 0.3 is 5.97 Å². The Kier molecular flexibility index (Phi) is 20.1. The van der Waals surface area contributed by atoms with Crippen LogP contribution in [0.4, 0.5) is 0 Å². The second-order valence-corrected chi connectivity index (χ2v) is 21.6. The summed E-state index contributed by atoms with van der Waals surface area (Å²) in [6.07, 6.45) is 19.7. The van der Waals surface area contributed by atoms with Crippen LogP contribution in [0.1, 0.15) is 168 Å². The van der Waals surface area contributed by atoms with Crippen molar-refractivity contribution in [2.24, 2.45) is 0 Å². The minimum atomic E-state index is -0.972. The topological polar surface area (TPSA) is 153 Å². The van der Waals surface area contributed by atoms with Gasteiger partial charge in [-0.3, -0.25) is 4.79 Å². The maximum atomic E-state index is 13.2. The second-order valence-electron chi connectivity index (χ2n) is 21.6. The lowest BCUT2D eigenvalue weighted by atomic mass is 9.84. The van der Waals surface area contributed by atoms with Crippen LogP contribution in [-0.4, -0.2) is 88.5 Å². The first-order valence-electron chi connectivity index (χ1n) is 27.6. The molecule has 13 heteroatoms. The number of benzene rings is 4. The molecule has 0 aromatic heterocycles. The molecular weight excluding hydrogens is 937 g/mol. The van der Waals surface area contributed by atoms with Gasteiger partial charge in [-0.25, -0.2) is 0 Å². The number of carbonyl (C=O) groups excluding carboxylic acids is 3. The van der Waals surface area contributed by atoms with Gasteiger partial charge in [-0.05, 0) is 116 Å². The Morgan fingerprint density at radius 3 is 1.59 bits per heavy atom. The normalized spacial score (nSPS) is 19.8. The fourth-order valence-electron chi connectivity index (χ4n) is 11.9. The fourth-order valence-corrected chi connectivity index (χ4v) is 11.9. The van der Waals surface area contributed by atoms with Gasteiger partial charge in [0.1, 0.15) is 17.8 Å². The number of unbranched alkanes of at least 4 members (excludes halogenated alkanes) is 14. The van der Waals surface area contributed by atoms with E-state index in [9.17, 15) is 24.6 Å². The quantitative estimate of drug-likeness (QED) is 0.0256. The van der Waals surface area contributed by atoms with E-state index in [1.807, 2.05) is 12.1 Å². The molecule has 4 heterocycles. The standard InChI is InChI=1S/C61H82N2O11/c1-43(64)72-60-56(71-6)41-47-32-36-63(3,34-22-18-14-10-8-12-16-20-24-58(67)68)51-38-45-27-30-52(69-4)54(39-45)73-48-28-25-44(26-29-48)37-50-49-42-55(74-61(60)59(47)51)53(70-5)40-46(49)31-35-62(50,2)33-21-17-13-9-7-11-15-19-23-57(65)66/h25-30,39-42,50-51H,7-24,31-38H2,1-6H3. The highest BCUT2D eigenvalue weighted by Gasteiger charge is 2.45. The molecule has 0 saturated carbocycles. The molecule has 0 saturated heterocycles. The molecule has 8 rings (SSSR count). The van der Waals surface area contributed by atoms with Gasteiger partial charge in [0.25, 0.3) is 0 Å². The first kappa shape index (κ1) is 55.9. The zero-order chi connectivity index (χ0) is 52.7. The summed E-state index contributed by atoms with van der Waals surface area (Å²) in [6, 6.07) is 21.0. The van der Waals surface area contributed by atoms with Gasteiger partial charge in [-0.2, -0.15) is 0 Å². The van der Waals surface area contributed by atoms with Gasteiger partial charge in [-0.1, -0.05) is 82.4 Å². The molecule has 6 bridgehead atoms. The monoisotopic (exact) mass is 1020 g/mol. The number of quaternary nitrogens is 2. The van der Waals surface area contributed by atoms with Gasteiger partial charge < -0.3 is 57.2 Å². The van der Waals surface area contributed by atoms with E-state index in [1.54, 1.807) is 21.3 Å². The molecule has 4 atom stereocenters. The number of fused-ring (bicyclic) bond motifs is 2. The molecule has 0 spiro atoms. The lowest BCUT2D eigenvalue weighted by Gasteiger charge is -2.47. The van der Waals surface area contributed by atoms with Crippen LogP contribution in [0.5, 0.6) is 46.0 Å². The highest BCUT2D eigenvalue weighted by atomic mass is 16.6. The van der Waals surface area contributed by atoms with Crippen LogP contribution in [-0.2, 0) is 40.1 Å². The van der Waals surface area contributed by atoms with E-state index in [0.717, 1.165) is 167 Å². The molecule has 0 N–H and O–H groups in total. The molecular formula is C61H82N2O11. The molecule has 74 heavy (non-hydrogen) atoms. The third-order valence-corrected chi connectivity index (χ3v) is 16.2. The van der Waals surface area contributed by atoms with E-state index >= 15 is 0 Å². The van der Waals surface area contributed by atoms with Crippen molar-refractivity contribution >= 4 is 17.9 Å². The molecule has 402 valence electrons. The summed E-state index contributed by atoms with van der Waals surface area (Å²) in [4.78, 5) is 34.9. The SMILES string of the molecule is COc1ccc2cc1Oc1ccc(cc1)CC1c3cc(c(OC)cc3CC[N+]1(C)CCCCCCCCCCC(=O)[O-])Oc1c(OC(C)=O)c(OC)cc3c1C(C2)[N+](C)(CCCCCCCCCCC(=O)[O-])CC3. The first-order valence-corrected chi connectivity index (χ1v) is 27.6. The number of likely N-dealkylation sites (N-methyl/N-ethyl adjacent to an activating group) is 2. The predicted octanol–water partition coefficient (Wildman–Crippen LogP) is 10.6. The van der Waals surface area contributed by atoms with Crippen molar-refractivity contribution < 1.29 is 62.0 Å². The molecule has 0 amide bonds. The summed E-state index contributed by atoms with van der Waals surface area (Å²) in [5, 5.41) is 21.7. The van der Waals surface area contributed by atoms with Crippen molar-refractivity contribution in [1.29, 1.82) is 0 Å². The Balaban J connectivity index is 1.28. The van der Waals surface area contributed by atoms with E-state index < -0.39 is 17.9 Å². The summed E-state index contributed by atoms with van der Waals surface area (Å²) in [5.41, 5.74) is 6.78. The maximum Gasteiger partial charge on any atom is 0.308 e. The summed E-state index contributed by atoms with van der Waals surface area (Å²) in [7, 11) is 9.72. The molecule has 4 aliphatic rings. The highest BCUT2D eigenvalue weighted by Crippen LogP contribution is 2.54. The fraction of sp³-hybridized carbons (Fsp3) is 0.557. The van der Waals surface area contributed by atoms with Crippen molar-refractivity contribution in [1.82, 2.24) is 0 Å². The Morgan fingerprint density at radius 1 is 0.554 bits per heavy atom. The van der Waals surface area contributed by atoms with E-state index in [-0.39, 0.29) is 30.7 Å². The van der Waals surface area contributed by atoms with Gasteiger partial charge in [0.05, 0.1) is 67.2 Å². The Hall–Kier alpha value is -5.79. The number of aliphatic carboxylic acids is 2. The van der Waals surface area contributed by atoms with Crippen molar-refractivity contribution in [2.45, 2.75) is 160 Å². The summed E-state index contributed by atoms with van der Waals surface area (Å²) in [6.45, 7) is 5.20. The van der Waals surface area contributed by atoms with Crippen LogP contribution < -0.4 is 38.6 Å².